The number of aryl methyl sites for hydroxylation is 1. The van der Waals surface area contributed by atoms with Crippen LogP contribution >= 0.6 is 22.6 Å². The third kappa shape index (κ3) is 2.09. The van der Waals surface area contributed by atoms with Crippen LogP contribution in [-0.2, 0) is 0 Å². The predicted molar refractivity (Wildman–Crippen MR) is 70.5 cm³/mol. The first kappa shape index (κ1) is 11.8. The second-order valence-corrected chi connectivity index (χ2v) is 4.55. The molecule has 0 radical (unpaired) electrons. The van der Waals surface area contributed by atoms with Gasteiger partial charge in [-0.15, -0.1) is 0 Å². The lowest BCUT2D eigenvalue weighted by Gasteiger charge is -2.00. The van der Waals surface area contributed by atoms with Crippen molar-refractivity contribution in [1.82, 2.24) is 5.16 Å². The van der Waals surface area contributed by atoms with E-state index in [1.807, 2.05) is 22.6 Å². The number of nitrogens with two attached hydrogens (primary N) is 1. The molecule has 0 bridgehead atoms. The summed E-state index contributed by atoms with van der Waals surface area (Å²) < 4.78 is 5.70. The number of anilines is 1. The number of aromatic nitrogens is 1. The molecule has 2 N–H and O–H groups in total. The zero-order valence-electron chi connectivity index (χ0n) is 8.81. The molecule has 0 aliphatic rings. The number of hydrogen-bond donors (Lipinski definition) is 1. The van der Waals surface area contributed by atoms with Crippen LogP contribution in [0.5, 0.6) is 0 Å². The number of nitrogen functional groups attached to an aromatic ring is 1. The van der Waals surface area contributed by atoms with Crippen LogP contribution in [0.3, 0.4) is 0 Å². The minimum Gasteiger partial charge on any atom is -0.380 e. The van der Waals surface area contributed by atoms with Crippen LogP contribution in [0.1, 0.15) is 5.56 Å². The van der Waals surface area contributed by atoms with Gasteiger partial charge in [0.25, 0.3) is 5.69 Å². The Morgan fingerprint density at radius 1 is 1.53 bits per heavy atom. The molecule has 1 aromatic carbocycles. The highest BCUT2D eigenvalue weighted by Crippen LogP contribution is 2.32. The van der Waals surface area contributed by atoms with Crippen LogP contribution in [0.25, 0.3) is 11.3 Å². The zero-order valence-corrected chi connectivity index (χ0v) is 11.0. The molecule has 88 valence electrons. The fraction of sp³-hybridized carbons (Fsp3) is 0.100. The van der Waals surface area contributed by atoms with E-state index in [4.69, 9.17) is 10.3 Å². The SMILES string of the molecule is Cc1ccc(-c2onc(N)c2I)cc1[N+](=O)[O-]. The lowest BCUT2D eigenvalue weighted by molar-refractivity contribution is -0.385. The first-order valence-corrected chi connectivity index (χ1v) is 5.74. The molecule has 1 heterocycles. The van der Waals surface area contributed by atoms with Crippen LogP contribution in [-0.4, -0.2) is 10.1 Å². The van der Waals surface area contributed by atoms with E-state index in [2.05, 4.69) is 5.16 Å². The molecule has 17 heavy (non-hydrogen) atoms. The summed E-state index contributed by atoms with van der Waals surface area (Å²) in [4.78, 5) is 10.4. The number of benzene rings is 1. The summed E-state index contributed by atoms with van der Waals surface area (Å²) in [5.74, 6) is 0.732. The second kappa shape index (κ2) is 4.32. The molecular weight excluding hydrogens is 337 g/mol. The molecule has 0 aliphatic heterocycles. The van der Waals surface area contributed by atoms with Crippen molar-refractivity contribution in [2.24, 2.45) is 0 Å². The number of nitrogens with zero attached hydrogens (tertiary/aromatic N) is 2. The molecule has 7 heteroatoms. The summed E-state index contributed by atoms with van der Waals surface area (Å²) in [6.45, 7) is 1.68. The van der Waals surface area contributed by atoms with Crippen molar-refractivity contribution in [2.75, 3.05) is 5.73 Å². The van der Waals surface area contributed by atoms with E-state index in [0.29, 0.717) is 20.5 Å². The Hall–Kier alpha value is -1.64. The molecule has 0 amide bonds. The number of nitro benzene ring substituents is 1. The second-order valence-electron chi connectivity index (χ2n) is 3.47. The molecule has 0 aliphatic carbocycles. The minimum atomic E-state index is -0.425. The van der Waals surface area contributed by atoms with Crippen LogP contribution in [0.4, 0.5) is 11.5 Å². The third-order valence-corrected chi connectivity index (χ3v) is 3.37. The first-order chi connectivity index (χ1) is 8.00. The first-order valence-electron chi connectivity index (χ1n) is 4.66. The highest BCUT2D eigenvalue weighted by atomic mass is 127. The Kier molecular flexibility index (Phi) is 3.01. The molecule has 0 saturated heterocycles. The summed E-state index contributed by atoms with van der Waals surface area (Å²) in [5, 5.41) is 14.4. The molecule has 0 spiro atoms. The Labute approximate surface area is 110 Å². The van der Waals surface area contributed by atoms with E-state index in [-0.39, 0.29) is 11.5 Å². The van der Waals surface area contributed by atoms with Gasteiger partial charge in [-0.25, -0.2) is 0 Å². The van der Waals surface area contributed by atoms with Gasteiger partial charge in [0, 0.05) is 17.2 Å². The van der Waals surface area contributed by atoms with Crippen molar-refractivity contribution < 1.29 is 9.45 Å². The lowest BCUT2D eigenvalue weighted by Crippen LogP contribution is -1.92. The van der Waals surface area contributed by atoms with E-state index in [0.717, 1.165) is 0 Å². The summed E-state index contributed by atoms with van der Waals surface area (Å²) in [6, 6.07) is 4.87. The normalized spacial score (nSPS) is 10.5. The van der Waals surface area contributed by atoms with Crippen molar-refractivity contribution >= 4 is 34.1 Å². The van der Waals surface area contributed by atoms with Crippen molar-refractivity contribution in [3.05, 3.63) is 37.4 Å². The van der Waals surface area contributed by atoms with Crippen molar-refractivity contribution in [3.8, 4) is 11.3 Å². The van der Waals surface area contributed by atoms with E-state index in [1.165, 1.54) is 6.07 Å². The Balaban J connectivity index is 2.58. The van der Waals surface area contributed by atoms with Gasteiger partial charge in [0.2, 0.25) is 0 Å². The number of halogens is 1. The van der Waals surface area contributed by atoms with Gasteiger partial charge >= 0.3 is 0 Å². The van der Waals surface area contributed by atoms with Crippen molar-refractivity contribution in [1.29, 1.82) is 0 Å². The predicted octanol–water partition coefficient (Wildman–Crippen LogP) is 2.75. The molecular formula is C10H8IN3O3. The van der Waals surface area contributed by atoms with E-state index in [9.17, 15) is 10.1 Å². The summed E-state index contributed by atoms with van der Waals surface area (Å²) in [6.07, 6.45) is 0. The van der Waals surface area contributed by atoms with Gasteiger partial charge in [-0.1, -0.05) is 17.3 Å². The summed E-state index contributed by atoms with van der Waals surface area (Å²) in [7, 11) is 0. The zero-order chi connectivity index (χ0) is 12.6. The van der Waals surface area contributed by atoms with E-state index in [1.54, 1.807) is 19.1 Å². The van der Waals surface area contributed by atoms with Crippen molar-refractivity contribution in [3.63, 3.8) is 0 Å². The lowest BCUT2D eigenvalue weighted by atomic mass is 10.1. The van der Waals surface area contributed by atoms with Gasteiger partial charge in [-0.2, -0.15) is 0 Å². The number of rotatable bonds is 2. The van der Waals surface area contributed by atoms with Gasteiger partial charge in [-0.3, -0.25) is 10.1 Å². The van der Waals surface area contributed by atoms with Crippen LogP contribution in [0.15, 0.2) is 22.7 Å². The Bertz CT molecular complexity index is 594. The Morgan fingerprint density at radius 2 is 2.24 bits per heavy atom. The number of nitro groups is 1. The average Bonchev–Trinajstić information content (AvgIpc) is 2.60. The fourth-order valence-electron chi connectivity index (χ4n) is 1.42. The van der Waals surface area contributed by atoms with Crippen LogP contribution in [0.2, 0.25) is 0 Å². The highest BCUT2D eigenvalue weighted by Gasteiger charge is 2.17. The maximum atomic E-state index is 10.8. The molecule has 0 fully saturated rings. The largest absolute Gasteiger partial charge is 0.380 e. The topological polar surface area (TPSA) is 95.2 Å². The van der Waals surface area contributed by atoms with E-state index >= 15 is 0 Å². The minimum absolute atomic E-state index is 0.0493. The molecule has 0 unspecified atom stereocenters. The smallest absolute Gasteiger partial charge is 0.273 e. The molecule has 0 atom stereocenters. The van der Waals surface area contributed by atoms with Crippen LogP contribution in [0, 0.1) is 20.6 Å². The fourth-order valence-corrected chi connectivity index (χ4v) is 1.93. The van der Waals surface area contributed by atoms with Gasteiger partial charge in [-0.05, 0) is 29.5 Å². The molecule has 2 aromatic rings. The third-order valence-electron chi connectivity index (χ3n) is 2.33. The quantitative estimate of drug-likeness (QED) is 0.513. The van der Waals surface area contributed by atoms with Gasteiger partial charge in [0.15, 0.2) is 11.6 Å². The summed E-state index contributed by atoms with van der Waals surface area (Å²) >= 11 is 1.99. The van der Waals surface area contributed by atoms with Crippen LogP contribution < -0.4 is 5.73 Å². The molecule has 2 rings (SSSR count). The summed E-state index contributed by atoms with van der Waals surface area (Å²) in [5.41, 5.74) is 6.80. The Morgan fingerprint density at radius 3 is 2.76 bits per heavy atom. The molecule has 1 aromatic heterocycles. The van der Waals surface area contributed by atoms with Gasteiger partial charge in [0.05, 0.1) is 4.92 Å². The van der Waals surface area contributed by atoms with Gasteiger partial charge < -0.3 is 10.3 Å². The highest BCUT2D eigenvalue weighted by molar-refractivity contribution is 14.1. The maximum absolute atomic E-state index is 10.8. The standard InChI is InChI=1S/C10H8IN3O3/c1-5-2-3-6(4-7(5)14(15)16)9-8(11)10(12)13-17-9/h2-4H,1H3,(H2,12,13). The molecule has 0 saturated carbocycles. The monoisotopic (exact) mass is 345 g/mol. The maximum Gasteiger partial charge on any atom is 0.273 e. The molecule has 6 nitrogen and oxygen atoms in total. The average molecular weight is 345 g/mol. The van der Waals surface area contributed by atoms with E-state index < -0.39 is 4.92 Å². The number of hydrogen-bond acceptors (Lipinski definition) is 5. The van der Waals surface area contributed by atoms with Crippen molar-refractivity contribution in [2.45, 2.75) is 6.92 Å². The van der Waals surface area contributed by atoms with Gasteiger partial charge in [0.1, 0.15) is 3.57 Å².